The minimum absolute atomic E-state index is 0.210. The number of hydrogen-bond acceptors (Lipinski definition) is 2. The van der Waals surface area contributed by atoms with Gasteiger partial charge in [-0.1, -0.05) is 32.0 Å². The fourth-order valence-electron chi connectivity index (χ4n) is 2.49. The van der Waals surface area contributed by atoms with Crippen LogP contribution in [-0.4, -0.2) is 12.1 Å². The van der Waals surface area contributed by atoms with Gasteiger partial charge < -0.3 is 10.1 Å². The number of para-hydroxylation sites is 1. The molecule has 2 heteroatoms. The Kier molecular flexibility index (Phi) is 6.36. The summed E-state index contributed by atoms with van der Waals surface area (Å²) in [5.74, 6) is 1.71. The first-order valence-corrected chi connectivity index (χ1v) is 7.41. The number of rotatable bonds is 7. The number of ether oxygens (including phenoxy) is 1. The van der Waals surface area contributed by atoms with E-state index in [2.05, 4.69) is 65.1 Å². The van der Waals surface area contributed by atoms with Gasteiger partial charge in [0.1, 0.15) is 5.75 Å². The molecule has 1 rings (SSSR count). The van der Waals surface area contributed by atoms with Gasteiger partial charge in [0.25, 0.3) is 0 Å². The molecular formula is C17H29NO. The molecule has 0 amide bonds. The van der Waals surface area contributed by atoms with E-state index in [1.54, 1.807) is 0 Å². The minimum Gasteiger partial charge on any atom is -0.491 e. The Bertz CT molecular complexity index is 373. The van der Waals surface area contributed by atoms with Crippen molar-refractivity contribution in [2.24, 2.45) is 5.92 Å². The van der Waals surface area contributed by atoms with E-state index in [1.807, 2.05) is 6.07 Å². The van der Waals surface area contributed by atoms with Crippen LogP contribution in [0.4, 0.5) is 0 Å². The van der Waals surface area contributed by atoms with Crippen LogP contribution in [0.3, 0.4) is 0 Å². The molecule has 0 aliphatic heterocycles. The van der Waals surface area contributed by atoms with E-state index in [9.17, 15) is 0 Å². The molecule has 0 aliphatic rings. The van der Waals surface area contributed by atoms with Crippen LogP contribution in [-0.2, 0) is 0 Å². The normalized spacial score (nSPS) is 14.7. The summed E-state index contributed by atoms with van der Waals surface area (Å²) in [6.45, 7) is 13.1. The zero-order chi connectivity index (χ0) is 14.4. The Morgan fingerprint density at radius 1 is 1.00 bits per heavy atom. The van der Waals surface area contributed by atoms with Crippen molar-refractivity contribution in [3.05, 3.63) is 29.8 Å². The van der Waals surface area contributed by atoms with Crippen LogP contribution in [0, 0.1) is 5.92 Å². The maximum Gasteiger partial charge on any atom is 0.124 e. The molecule has 0 radical (unpaired) electrons. The van der Waals surface area contributed by atoms with Gasteiger partial charge in [-0.25, -0.2) is 0 Å². The highest BCUT2D eigenvalue weighted by Gasteiger charge is 2.15. The summed E-state index contributed by atoms with van der Waals surface area (Å²) < 4.78 is 5.89. The summed E-state index contributed by atoms with van der Waals surface area (Å²) in [6.07, 6.45) is 1.40. The number of hydrogen-bond donors (Lipinski definition) is 1. The zero-order valence-electron chi connectivity index (χ0n) is 13.2. The third-order valence-electron chi connectivity index (χ3n) is 3.11. The van der Waals surface area contributed by atoms with E-state index in [0.29, 0.717) is 12.1 Å². The van der Waals surface area contributed by atoms with Crippen LogP contribution in [0.1, 0.15) is 59.6 Å². The van der Waals surface area contributed by atoms with Crippen LogP contribution in [0.15, 0.2) is 24.3 Å². The second-order valence-corrected chi connectivity index (χ2v) is 6.12. The Hall–Kier alpha value is -1.02. The maximum atomic E-state index is 5.89. The molecule has 0 fully saturated rings. The third kappa shape index (κ3) is 5.65. The molecular weight excluding hydrogens is 234 g/mol. The highest BCUT2D eigenvalue weighted by atomic mass is 16.5. The summed E-state index contributed by atoms with van der Waals surface area (Å²) in [5.41, 5.74) is 1.24. The lowest BCUT2D eigenvalue weighted by Gasteiger charge is -2.24. The second-order valence-electron chi connectivity index (χ2n) is 6.12. The van der Waals surface area contributed by atoms with Gasteiger partial charge >= 0.3 is 0 Å². The Labute approximate surface area is 118 Å². The molecule has 1 N–H and O–H groups in total. The van der Waals surface area contributed by atoms with Gasteiger partial charge in [0, 0.05) is 17.6 Å². The summed E-state index contributed by atoms with van der Waals surface area (Å²) in [6, 6.07) is 9.14. The third-order valence-corrected chi connectivity index (χ3v) is 3.11. The fraction of sp³-hybridized carbons (Fsp3) is 0.647. The predicted octanol–water partition coefficient (Wildman–Crippen LogP) is 4.56. The molecule has 2 atom stereocenters. The van der Waals surface area contributed by atoms with Gasteiger partial charge in [-0.05, 0) is 46.1 Å². The lowest BCUT2D eigenvalue weighted by molar-refractivity contribution is 0.237. The van der Waals surface area contributed by atoms with Crippen molar-refractivity contribution in [2.45, 2.75) is 66.2 Å². The van der Waals surface area contributed by atoms with Crippen LogP contribution in [0.25, 0.3) is 0 Å². The van der Waals surface area contributed by atoms with Crippen molar-refractivity contribution in [3.63, 3.8) is 0 Å². The monoisotopic (exact) mass is 263 g/mol. The second kappa shape index (κ2) is 7.54. The molecule has 1 aromatic rings. The molecule has 19 heavy (non-hydrogen) atoms. The van der Waals surface area contributed by atoms with E-state index in [0.717, 1.165) is 11.7 Å². The fourth-order valence-corrected chi connectivity index (χ4v) is 2.49. The van der Waals surface area contributed by atoms with Gasteiger partial charge in [-0.15, -0.1) is 0 Å². The average molecular weight is 263 g/mol. The highest BCUT2D eigenvalue weighted by Crippen LogP contribution is 2.26. The highest BCUT2D eigenvalue weighted by molar-refractivity contribution is 5.35. The lowest BCUT2D eigenvalue weighted by Crippen LogP contribution is -2.30. The topological polar surface area (TPSA) is 21.3 Å². The Morgan fingerprint density at radius 2 is 1.63 bits per heavy atom. The first-order chi connectivity index (χ1) is 8.90. The van der Waals surface area contributed by atoms with Crippen molar-refractivity contribution in [1.29, 1.82) is 0 Å². The van der Waals surface area contributed by atoms with Crippen LogP contribution >= 0.6 is 0 Å². The van der Waals surface area contributed by atoms with E-state index >= 15 is 0 Å². The van der Waals surface area contributed by atoms with Crippen LogP contribution in [0.2, 0.25) is 0 Å². The van der Waals surface area contributed by atoms with Crippen LogP contribution in [0.5, 0.6) is 5.75 Å². The van der Waals surface area contributed by atoms with Gasteiger partial charge in [0.05, 0.1) is 6.10 Å². The molecule has 108 valence electrons. The molecule has 0 spiro atoms. The standard InChI is InChI=1S/C17H29NO/c1-12(2)11-14(5)18-15(6)16-9-7-8-10-17(16)19-13(3)4/h7-10,12-15,18H,11H2,1-6H3. The van der Waals surface area contributed by atoms with Gasteiger partial charge in [-0.3, -0.25) is 0 Å². The number of benzene rings is 1. The van der Waals surface area contributed by atoms with Crippen molar-refractivity contribution < 1.29 is 4.74 Å². The summed E-state index contributed by atoms with van der Waals surface area (Å²) in [4.78, 5) is 0. The Morgan fingerprint density at radius 3 is 2.21 bits per heavy atom. The van der Waals surface area contributed by atoms with Crippen LogP contribution < -0.4 is 10.1 Å². The quantitative estimate of drug-likeness (QED) is 0.778. The molecule has 0 heterocycles. The van der Waals surface area contributed by atoms with E-state index in [1.165, 1.54) is 12.0 Å². The zero-order valence-corrected chi connectivity index (χ0v) is 13.2. The largest absolute Gasteiger partial charge is 0.491 e. The molecule has 0 bridgehead atoms. The first-order valence-electron chi connectivity index (χ1n) is 7.41. The van der Waals surface area contributed by atoms with E-state index in [-0.39, 0.29) is 6.10 Å². The Balaban J connectivity index is 2.73. The van der Waals surface area contributed by atoms with Crippen molar-refractivity contribution in [1.82, 2.24) is 5.32 Å². The molecule has 2 nitrogen and oxygen atoms in total. The van der Waals surface area contributed by atoms with E-state index in [4.69, 9.17) is 4.74 Å². The SMILES string of the molecule is CC(C)CC(C)NC(C)c1ccccc1OC(C)C. The first kappa shape index (κ1) is 16.0. The van der Waals surface area contributed by atoms with Gasteiger partial charge in [0.2, 0.25) is 0 Å². The predicted molar refractivity (Wildman–Crippen MR) is 82.7 cm³/mol. The van der Waals surface area contributed by atoms with E-state index < -0.39 is 0 Å². The molecule has 1 aromatic carbocycles. The summed E-state index contributed by atoms with van der Waals surface area (Å²) in [5, 5.41) is 3.66. The molecule has 0 saturated heterocycles. The van der Waals surface area contributed by atoms with Gasteiger partial charge in [0.15, 0.2) is 0 Å². The average Bonchev–Trinajstić information content (AvgIpc) is 2.27. The molecule has 0 saturated carbocycles. The smallest absolute Gasteiger partial charge is 0.124 e. The molecule has 0 aliphatic carbocycles. The van der Waals surface area contributed by atoms with Crippen molar-refractivity contribution >= 4 is 0 Å². The van der Waals surface area contributed by atoms with Gasteiger partial charge in [-0.2, -0.15) is 0 Å². The molecule has 2 unspecified atom stereocenters. The minimum atomic E-state index is 0.210. The van der Waals surface area contributed by atoms with Crippen molar-refractivity contribution in [3.8, 4) is 5.75 Å². The maximum absolute atomic E-state index is 5.89. The summed E-state index contributed by atoms with van der Waals surface area (Å²) in [7, 11) is 0. The van der Waals surface area contributed by atoms with Crippen molar-refractivity contribution in [2.75, 3.05) is 0 Å². The number of nitrogens with one attached hydrogen (secondary N) is 1. The summed E-state index contributed by atoms with van der Waals surface area (Å²) >= 11 is 0. The molecule has 0 aromatic heterocycles. The lowest BCUT2D eigenvalue weighted by atomic mass is 10.0.